The second-order valence-corrected chi connectivity index (χ2v) is 7.81. The van der Waals surface area contributed by atoms with Gasteiger partial charge in [0.25, 0.3) is 0 Å². The number of aromatic nitrogens is 1. The fourth-order valence-corrected chi connectivity index (χ4v) is 3.44. The van der Waals surface area contributed by atoms with E-state index in [2.05, 4.69) is 32.7 Å². The maximum atomic E-state index is 12.9. The van der Waals surface area contributed by atoms with Gasteiger partial charge in [0.15, 0.2) is 5.43 Å². The molecule has 1 aromatic carbocycles. The first-order valence-corrected chi connectivity index (χ1v) is 8.80. The first-order chi connectivity index (χ1) is 10.8. The van der Waals surface area contributed by atoms with Gasteiger partial charge in [-0.25, -0.2) is 0 Å². The molecule has 0 bridgehead atoms. The lowest BCUT2D eigenvalue weighted by atomic mass is 10.1. The molecule has 0 aliphatic heterocycles. The van der Waals surface area contributed by atoms with Crippen LogP contribution in [-0.4, -0.2) is 18.1 Å². The number of nitrogens with one attached hydrogen (secondary N) is 2. The van der Waals surface area contributed by atoms with Crippen LogP contribution < -0.4 is 10.3 Å². The van der Waals surface area contributed by atoms with E-state index in [0.29, 0.717) is 22.2 Å². The first kappa shape index (κ1) is 18.0. The molecule has 23 heavy (non-hydrogen) atoms. The Morgan fingerprint density at radius 1 is 1.13 bits per heavy atom. The summed E-state index contributed by atoms with van der Waals surface area (Å²) in [6.07, 6.45) is 0. The third-order valence-corrected chi connectivity index (χ3v) is 4.33. The predicted octanol–water partition coefficient (Wildman–Crippen LogP) is 3.19. The molecule has 0 aliphatic carbocycles. The van der Waals surface area contributed by atoms with Crippen molar-refractivity contribution in [1.29, 1.82) is 0 Å². The van der Waals surface area contributed by atoms with Gasteiger partial charge in [0.1, 0.15) is 6.54 Å². The molecule has 0 aliphatic rings. The molecule has 0 unspecified atom stereocenters. The molecule has 0 radical (unpaired) electrons. The number of fused-ring (bicyclic) bond motifs is 1. The molecule has 2 aromatic rings. The van der Waals surface area contributed by atoms with Crippen LogP contribution in [0.4, 0.5) is 0 Å². The molecule has 0 fully saturated rings. The smallest absolute Gasteiger partial charge is 0.198 e. The highest BCUT2D eigenvalue weighted by atomic mass is 35.5. The van der Waals surface area contributed by atoms with Gasteiger partial charge in [-0.2, -0.15) is 0 Å². The largest absolute Gasteiger partial charge is 0.358 e. The predicted molar refractivity (Wildman–Crippen MR) is 98.4 cm³/mol. The molecule has 0 saturated carbocycles. The van der Waals surface area contributed by atoms with E-state index in [-0.39, 0.29) is 5.43 Å². The van der Waals surface area contributed by atoms with Crippen LogP contribution in [0.3, 0.4) is 0 Å². The minimum Gasteiger partial charge on any atom is -0.358 e. The summed E-state index contributed by atoms with van der Waals surface area (Å²) in [6, 6.07) is 5.46. The van der Waals surface area contributed by atoms with E-state index >= 15 is 0 Å². The van der Waals surface area contributed by atoms with Crippen LogP contribution in [-0.2, 0) is 6.54 Å². The van der Waals surface area contributed by atoms with Crippen molar-refractivity contribution < 1.29 is 4.90 Å². The van der Waals surface area contributed by atoms with Crippen molar-refractivity contribution in [3.05, 3.63) is 44.7 Å². The normalized spacial score (nSPS) is 12.0. The van der Waals surface area contributed by atoms with E-state index in [1.807, 2.05) is 19.1 Å². The lowest BCUT2D eigenvalue weighted by Crippen LogP contribution is -3.12. The zero-order valence-electron chi connectivity index (χ0n) is 14.8. The quantitative estimate of drug-likeness (QED) is 0.836. The van der Waals surface area contributed by atoms with Crippen molar-refractivity contribution in [3.63, 3.8) is 0 Å². The number of halogens is 1. The number of hydrogen-bond donors (Lipinski definition) is 2. The van der Waals surface area contributed by atoms with Gasteiger partial charge in [-0.3, -0.25) is 4.79 Å². The van der Waals surface area contributed by atoms with E-state index in [4.69, 9.17) is 11.6 Å². The highest BCUT2D eigenvalue weighted by Gasteiger charge is 2.18. The number of H-pyrrole nitrogens is 1. The van der Waals surface area contributed by atoms with Gasteiger partial charge in [0, 0.05) is 33.5 Å². The van der Waals surface area contributed by atoms with Crippen molar-refractivity contribution in [1.82, 2.24) is 4.98 Å². The molecule has 126 valence electrons. The van der Waals surface area contributed by atoms with Gasteiger partial charge < -0.3 is 9.88 Å². The molecule has 2 rings (SSSR count). The average molecular weight is 336 g/mol. The van der Waals surface area contributed by atoms with Crippen molar-refractivity contribution in [2.45, 2.75) is 41.2 Å². The zero-order chi connectivity index (χ0) is 17.1. The summed E-state index contributed by atoms with van der Waals surface area (Å²) in [5.41, 5.74) is 2.82. The Labute approximate surface area is 143 Å². The van der Waals surface area contributed by atoms with Gasteiger partial charge in [-0.05, 0) is 25.1 Å². The molecule has 1 aromatic heterocycles. The number of rotatable bonds is 6. The SMILES string of the molecule is Cc1[nH]c2ccc(Cl)cc2c(=O)c1C[NH+](CC(C)C)CC(C)C. The molecule has 2 N–H and O–H groups in total. The average Bonchev–Trinajstić information content (AvgIpc) is 2.43. The third-order valence-electron chi connectivity index (χ3n) is 4.10. The summed E-state index contributed by atoms with van der Waals surface area (Å²) < 4.78 is 0. The fraction of sp³-hybridized carbons (Fsp3) is 0.526. The lowest BCUT2D eigenvalue weighted by Gasteiger charge is -2.23. The van der Waals surface area contributed by atoms with Gasteiger partial charge in [0.2, 0.25) is 0 Å². The number of aromatic amines is 1. The minimum atomic E-state index is 0.115. The summed E-state index contributed by atoms with van der Waals surface area (Å²) in [5.74, 6) is 1.22. The molecule has 0 amide bonds. The third kappa shape index (κ3) is 4.58. The maximum absolute atomic E-state index is 12.9. The topological polar surface area (TPSA) is 37.3 Å². The monoisotopic (exact) mass is 335 g/mol. The Morgan fingerprint density at radius 2 is 1.74 bits per heavy atom. The second-order valence-electron chi connectivity index (χ2n) is 7.37. The van der Waals surface area contributed by atoms with Crippen LogP contribution in [0.15, 0.2) is 23.0 Å². The summed E-state index contributed by atoms with van der Waals surface area (Å²) in [6.45, 7) is 13.8. The fourth-order valence-electron chi connectivity index (χ4n) is 3.27. The van der Waals surface area contributed by atoms with Gasteiger partial charge in [0.05, 0.1) is 18.7 Å². The van der Waals surface area contributed by atoms with Gasteiger partial charge >= 0.3 is 0 Å². The van der Waals surface area contributed by atoms with Crippen molar-refractivity contribution in [3.8, 4) is 0 Å². The van der Waals surface area contributed by atoms with Crippen molar-refractivity contribution in [2.75, 3.05) is 13.1 Å². The molecule has 4 heteroatoms. The van der Waals surface area contributed by atoms with E-state index in [0.717, 1.165) is 36.4 Å². The number of pyridine rings is 1. The van der Waals surface area contributed by atoms with Crippen LogP contribution in [0.25, 0.3) is 10.9 Å². The van der Waals surface area contributed by atoms with Gasteiger partial charge in [-0.15, -0.1) is 0 Å². The Morgan fingerprint density at radius 3 is 2.30 bits per heavy atom. The number of benzene rings is 1. The zero-order valence-corrected chi connectivity index (χ0v) is 15.6. The van der Waals surface area contributed by atoms with Crippen LogP contribution in [0.1, 0.15) is 39.0 Å². The summed E-state index contributed by atoms with van der Waals surface area (Å²) in [7, 11) is 0. The minimum absolute atomic E-state index is 0.115. The van der Waals surface area contributed by atoms with Gasteiger partial charge in [-0.1, -0.05) is 39.3 Å². The Balaban J connectivity index is 2.42. The van der Waals surface area contributed by atoms with Crippen LogP contribution >= 0.6 is 11.6 Å². The standard InChI is InChI=1S/C19H27ClN2O/c1-12(2)9-22(10-13(3)4)11-17-14(5)21-18-7-6-15(20)8-16(18)19(17)23/h6-8,12-13H,9-11H2,1-5H3,(H,21,23)/p+1. The van der Waals surface area contributed by atoms with Crippen molar-refractivity contribution in [2.24, 2.45) is 11.8 Å². The van der Waals surface area contributed by atoms with Crippen LogP contribution in [0.2, 0.25) is 5.02 Å². The van der Waals surface area contributed by atoms with E-state index < -0.39 is 0 Å². The molecule has 0 atom stereocenters. The van der Waals surface area contributed by atoms with E-state index in [1.165, 1.54) is 4.90 Å². The molecule has 0 spiro atoms. The lowest BCUT2D eigenvalue weighted by molar-refractivity contribution is -0.919. The Bertz CT molecular complexity index is 724. The number of aryl methyl sites for hydroxylation is 1. The van der Waals surface area contributed by atoms with Crippen LogP contribution in [0, 0.1) is 18.8 Å². The summed E-state index contributed by atoms with van der Waals surface area (Å²) in [5, 5.41) is 1.29. The molecule has 3 nitrogen and oxygen atoms in total. The first-order valence-electron chi connectivity index (χ1n) is 8.42. The number of hydrogen-bond acceptors (Lipinski definition) is 1. The second kappa shape index (κ2) is 7.50. The van der Waals surface area contributed by atoms with Crippen LogP contribution in [0.5, 0.6) is 0 Å². The van der Waals surface area contributed by atoms with E-state index in [9.17, 15) is 4.79 Å². The Hall–Kier alpha value is -1.32. The Kier molecular flexibility index (Phi) is 5.88. The molecule has 0 saturated heterocycles. The molecular weight excluding hydrogens is 308 g/mol. The van der Waals surface area contributed by atoms with E-state index in [1.54, 1.807) is 6.07 Å². The maximum Gasteiger partial charge on any atom is 0.198 e. The number of quaternary nitrogens is 1. The summed E-state index contributed by atoms with van der Waals surface area (Å²) >= 11 is 6.07. The molecular formula is C19H28ClN2O+. The highest BCUT2D eigenvalue weighted by molar-refractivity contribution is 6.31. The van der Waals surface area contributed by atoms with Crippen molar-refractivity contribution >= 4 is 22.5 Å². The highest BCUT2D eigenvalue weighted by Crippen LogP contribution is 2.16. The molecule has 1 heterocycles. The summed E-state index contributed by atoms with van der Waals surface area (Å²) in [4.78, 5) is 17.7.